The number of para-hydroxylation sites is 1. The van der Waals surface area contributed by atoms with Crippen molar-refractivity contribution in [2.24, 2.45) is 5.92 Å². The number of amides is 1. The number of nitrogens with zero attached hydrogens (tertiary/aromatic N) is 1. The predicted octanol–water partition coefficient (Wildman–Crippen LogP) is 5.64. The van der Waals surface area contributed by atoms with Gasteiger partial charge in [-0.2, -0.15) is 13.2 Å². The third-order valence-electron chi connectivity index (χ3n) is 8.84. The molecule has 0 radical (unpaired) electrons. The molecule has 1 aliphatic heterocycles. The van der Waals surface area contributed by atoms with Crippen molar-refractivity contribution in [3.8, 4) is 0 Å². The number of pyridine rings is 1. The number of halogens is 3. The SMILES string of the molecule is CSc1cc(C)[nH]c(=O)c1CNC(=O)c1c(C)n(C(C)C2CCC(NC3(C(F)(F)F)COC3)CC2)c2ccccc12. The number of H-pyrrole nitrogens is 1. The van der Waals surface area contributed by atoms with Crippen LogP contribution in [0.1, 0.15) is 66.0 Å². The summed E-state index contributed by atoms with van der Waals surface area (Å²) in [5.74, 6) is 0.0120. The Kier molecular flexibility index (Phi) is 8.33. The Morgan fingerprint density at radius 3 is 2.49 bits per heavy atom. The molecule has 3 aromatic rings. The van der Waals surface area contributed by atoms with Crippen LogP contribution in [-0.2, 0) is 11.3 Å². The van der Waals surface area contributed by atoms with Gasteiger partial charge >= 0.3 is 6.18 Å². The van der Waals surface area contributed by atoms with Gasteiger partial charge in [-0.25, -0.2) is 0 Å². The minimum atomic E-state index is -4.34. The Hall–Kier alpha value is -2.76. The van der Waals surface area contributed by atoms with E-state index >= 15 is 0 Å². The lowest BCUT2D eigenvalue weighted by Crippen LogP contribution is -2.71. The number of aromatic nitrogens is 2. The fourth-order valence-corrected chi connectivity index (χ4v) is 7.18. The summed E-state index contributed by atoms with van der Waals surface area (Å²) < 4.78 is 48.0. The van der Waals surface area contributed by atoms with E-state index in [2.05, 4.69) is 27.1 Å². The maximum atomic E-state index is 13.6. The molecule has 1 saturated carbocycles. The van der Waals surface area contributed by atoms with E-state index < -0.39 is 11.7 Å². The summed E-state index contributed by atoms with van der Waals surface area (Å²) in [5, 5.41) is 6.68. The molecule has 1 atom stereocenters. The maximum Gasteiger partial charge on any atom is 0.411 e. The molecule has 1 unspecified atom stereocenters. The largest absolute Gasteiger partial charge is 0.411 e. The van der Waals surface area contributed by atoms with Gasteiger partial charge < -0.3 is 19.6 Å². The van der Waals surface area contributed by atoms with Crippen LogP contribution in [0.5, 0.6) is 0 Å². The second kappa shape index (κ2) is 11.5. The van der Waals surface area contributed by atoms with Crippen molar-refractivity contribution in [3.05, 3.63) is 63.2 Å². The summed E-state index contributed by atoms with van der Waals surface area (Å²) in [6, 6.07) is 9.54. The highest BCUT2D eigenvalue weighted by molar-refractivity contribution is 7.98. The number of aromatic amines is 1. The first-order chi connectivity index (χ1) is 19.5. The molecule has 1 saturated heterocycles. The van der Waals surface area contributed by atoms with Crippen LogP contribution in [-0.4, -0.2) is 52.7 Å². The Morgan fingerprint density at radius 1 is 1.20 bits per heavy atom. The highest BCUT2D eigenvalue weighted by Crippen LogP contribution is 2.41. The Bertz CT molecular complexity index is 1490. The van der Waals surface area contributed by atoms with Crippen molar-refractivity contribution in [2.75, 3.05) is 19.5 Å². The number of aryl methyl sites for hydroxylation is 1. The van der Waals surface area contributed by atoms with Crippen LogP contribution >= 0.6 is 11.8 Å². The van der Waals surface area contributed by atoms with Gasteiger partial charge in [-0.05, 0) is 70.8 Å². The summed E-state index contributed by atoms with van der Waals surface area (Å²) >= 11 is 1.47. The first kappa shape index (κ1) is 29.7. The number of alkyl halides is 3. The first-order valence-electron chi connectivity index (χ1n) is 14.0. The van der Waals surface area contributed by atoms with Gasteiger partial charge in [0.2, 0.25) is 0 Å². The number of hydrogen-bond donors (Lipinski definition) is 3. The lowest BCUT2D eigenvalue weighted by Gasteiger charge is -2.46. The zero-order valence-electron chi connectivity index (χ0n) is 23.8. The van der Waals surface area contributed by atoms with Gasteiger partial charge in [0.15, 0.2) is 5.54 Å². The van der Waals surface area contributed by atoms with Crippen LogP contribution in [0.25, 0.3) is 10.9 Å². The Labute approximate surface area is 241 Å². The monoisotopic (exact) mass is 590 g/mol. The molecule has 2 aliphatic rings. The summed E-state index contributed by atoms with van der Waals surface area (Å²) in [5.41, 5.74) is 1.52. The molecule has 7 nitrogen and oxygen atoms in total. The van der Waals surface area contributed by atoms with Crippen molar-refractivity contribution in [1.29, 1.82) is 0 Å². The zero-order valence-corrected chi connectivity index (χ0v) is 24.6. The third kappa shape index (κ3) is 5.56. The van der Waals surface area contributed by atoms with E-state index in [4.69, 9.17) is 4.74 Å². The molecule has 2 aromatic heterocycles. The fraction of sp³-hybridized carbons (Fsp3) is 0.533. The maximum absolute atomic E-state index is 13.6. The number of ether oxygens (including phenoxy) is 1. The Balaban J connectivity index is 1.33. The van der Waals surface area contributed by atoms with Gasteiger partial charge in [-0.15, -0.1) is 11.8 Å². The second-order valence-corrected chi connectivity index (χ2v) is 12.3. The summed E-state index contributed by atoms with van der Waals surface area (Å²) in [4.78, 5) is 29.8. The molecule has 0 spiro atoms. The predicted molar refractivity (Wildman–Crippen MR) is 155 cm³/mol. The minimum absolute atomic E-state index is 0.0500. The van der Waals surface area contributed by atoms with Crippen LogP contribution < -0.4 is 16.2 Å². The van der Waals surface area contributed by atoms with E-state index in [-0.39, 0.29) is 49.2 Å². The van der Waals surface area contributed by atoms with Gasteiger partial charge in [0.25, 0.3) is 11.5 Å². The Morgan fingerprint density at radius 2 is 1.88 bits per heavy atom. The van der Waals surface area contributed by atoms with Crippen molar-refractivity contribution in [1.82, 2.24) is 20.2 Å². The van der Waals surface area contributed by atoms with E-state index in [1.807, 2.05) is 50.4 Å². The molecule has 41 heavy (non-hydrogen) atoms. The van der Waals surface area contributed by atoms with Crippen LogP contribution in [0, 0.1) is 19.8 Å². The van der Waals surface area contributed by atoms with Crippen molar-refractivity contribution >= 4 is 28.6 Å². The van der Waals surface area contributed by atoms with Crippen LogP contribution in [0.2, 0.25) is 0 Å². The van der Waals surface area contributed by atoms with Crippen LogP contribution in [0.4, 0.5) is 13.2 Å². The number of rotatable bonds is 8. The third-order valence-corrected chi connectivity index (χ3v) is 9.64. The number of fused-ring (bicyclic) bond motifs is 1. The standard InChI is InChI=1S/C30H37F3N4O3S/c1-17-13-25(41-4)23(27(38)35-17)14-34-28(39)26-19(3)37(24-8-6-5-7-22(24)26)18(2)20-9-11-21(12-10-20)36-29(15-40-16-29)30(31,32)33/h5-8,13,18,20-21,36H,9-12,14-16H2,1-4H3,(H,34,39)(H,35,38). The smallest absolute Gasteiger partial charge is 0.377 e. The van der Waals surface area contributed by atoms with Gasteiger partial charge in [-0.1, -0.05) is 18.2 Å². The van der Waals surface area contributed by atoms with Crippen LogP contribution in [0.15, 0.2) is 40.0 Å². The number of carbonyl (C=O) groups is 1. The number of carbonyl (C=O) groups excluding carboxylic acids is 1. The number of nitrogens with one attached hydrogen (secondary N) is 3. The average molecular weight is 591 g/mol. The normalized spacial score (nSPS) is 21.4. The quantitative estimate of drug-likeness (QED) is 0.296. The molecule has 2 fully saturated rings. The summed E-state index contributed by atoms with van der Waals surface area (Å²) in [7, 11) is 0. The molecule has 1 aromatic carbocycles. The molecule has 1 aliphatic carbocycles. The summed E-state index contributed by atoms with van der Waals surface area (Å²) in [6.07, 6.45) is 0.446. The lowest BCUT2D eigenvalue weighted by molar-refractivity contribution is -0.270. The van der Waals surface area contributed by atoms with E-state index in [9.17, 15) is 22.8 Å². The molecular weight excluding hydrogens is 553 g/mol. The fourth-order valence-electron chi connectivity index (χ4n) is 6.48. The molecular formula is C30H37F3N4O3S. The molecule has 3 N–H and O–H groups in total. The second-order valence-electron chi connectivity index (χ2n) is 11.4. The first-order valence-corrected chi connectivity index (χ1v) is 15.2. The van der Waals surface area contributed by atoms with Gasteiger partial charge in [0.05, 0.1) is 18.8 Å². The lowest BCUT2D eigenvalue weighted by atomic mass is 9.80. The number of hydrogen-bond acceptors (Lipinski definition) is 5. The highest BCUT2D eigenvalue weighted by Gasteiger charge is 2.60. The van der Waals surface area contributed by atoms with Gasteiger partial charge in [0.1, 0.15) is 0 Å². The molecule has 11 heteroatoms. The average Bonchev–Trinajstić information content (AvgIpc) is 3.20. The van der Waals surface area contributed by atoms with Crippen molar-refractivity contribution < 1.29 is 22.7 Å². The molecule has 1 amide bonds. The van der Waals surface area contributed by atoms with E-state index in [1.54, 1.807) is 0 Å². The topological polar surface area (TPSA) is 88.2 Å². The van der Waals surface area contributed by atoms with Gasteiger partial charge in [0, 0.05) is 51.4 Å². The number of thioether (sulfide) groups is 1. The van der Waals surface area contributed by atoms with Crippen molar-refractivity contribution in [3.63, 3.8) is 0 Å². The molecule has 222 valence electrons. The zero-order chi connectivity index (χ0) is 29.5. The highest BCUT2D eigenvalue weighted by atomic mass is 32.2. The van der Waals surface area contributed by atoms with Crippen molar-refractivity contribution in [2.45, 2.75) is 81.7 Å². The molecule has 3 heterocycles. The van der Waals surface area contributed by atoms with E-state index in [1.165, 1.54) is 11.8 Å². The van der Waals surface area contributed by atoms with E-state index in [0.717, 1.165) is 40.0 Å². The van der Waals surface area contributed by atoms with E-state index in [0.29, 0.717) is 24.0 Å². The number of benzene rings is 1. The minimum Gasteiger partial charge on any atom is -0.377 e. The van der Waals surface area contributed by atoms with Crippen LogP contribution in [0.3, 0.4) is 0 Å². The molecule has 0 bridgehead atoms. The molecule has 5 rings (SSSR count). The van der Waals surface area contributed by atoms with Gasteiger partial charge in [-0.3, -0.25) is 14.9 Å². The summed E-state index contributed by atoms with van der Waals surface area (Å²) in [6.45, 7) is 5.35.